The van der Waals surface area contributed by atoms with E-state index in [1.54, 1.807) is 12.1 Å². The van der Waals surface area contributed by atoms with Gasteiger partial charge in [-0.1, -0.05) is 18.2 Å². The normalized spacial score (nSPS) is 37.3. The number of aromatic hydroxyl groups is 1. The van der Waals surface area contributed by atoms with Crippen LogP contribution in [0.5, 0.6) is 11.5 Å². The van der Waals surface area contributed by atoms with E-state index in [4.69, 9.17) is 14.2 Å². The molecule has 2 atom stereocenters. The molecule has 1 saturated heterocycles. The quantitative estimate of drug-likeness (QED) is 0.850. The molecule has 1 N–H and O–H groups in total. The van der Waals surface area contributed by atoms with E-state index in [2.05, 4.69) is 12.2 Å². The topological polar surface area (TPSA) is 47.9 Å². The van der Waals surface area contributed by atoms with Crippen molar-refractivity contribution in [3.63, 3.8) is 0 Å². The molecule has 1 aromatic carbocycles. The van der Waals surface area contributed by atoms with Crippen molar-refractivity contribution >= 4 is 0 Å². The van der Waals surface area contributed by atoms with Crippen molar-refractivity contribution in [2.45, 2.75) is 19.1 Å². The number of allylic oxidation sites excluding steroid dienone is 2. The molecule has 1 spiro atoms. The second kappa shape index (κ2) is 4.75. The molecule has 0 amide bonds. The molecule has 1 heterocycles. The minimum atomic E-state index is -0.367. The van der Waals surface area contributed by atoms with Gasteiger partial charge < -0.3 is 19.3 Å². The molecular formula is C17H20O4. The minimum Gasteiger partial charge on any atom is -0.504 e. The Morgan fingerprint density at radius 2 is 2.05 bits per heavy atom. The van der Waals surface area contributed by atoms with E-state index in [-0.39, 0.29) is 17.5 Å². The number of hydrogen-bond acceptors (Lipinski definition) is 4. The fourth-order valence-electron chi connectivity index (χ4n) is 3.99. The Morgan fingerprint density at radius 3 is 2.67 bits per heavy atom. The van der Waals surface area contributed by atoms with E-state index in [0.717, 1.165) is 18.8 Å². The van der Waals surface area contributed by atoms with Gasteiger partial charge in [-0.25, -0.2) is 0 Å². The van der Waals surface area contributed by atoms with Gasteiger partial charge in [-0.05, 0) is 36.8 Å². The molecule has 4 nitrogen and oxygen atoms in total. The van der Waals surface area contributed by atoms with Gasteiger partial charge >= 0.3 is 0 Å². The number of methoxy groups -OCH3 is 1. The van der Waals surface area contributed by atoms with Gasteiger partial charge in [-0.2, -0.15) is 0 Å². The summed E-state index contributed by atoms with van der Waals surface area (Å²) in [5, 5.41) is 9.66. The second-order valence-electron chi connectivity index (χ2n) is 6.44. The number of hydrogen-bond donors (Lipinski definition) is 1. The Kier molecular flexibility index (Phi) is 2.98. The molecule has 1 aromatic rings. The van der Waals surface area contributed by atoms with Crippen molar-refractivity contribution in [1.29, 1.82) is 0 Å². The lowest BCUT2D eigenvalue weighted by Gasteiger charge is -2.41. The second-order valence-corrected chi connectivity index (χ2v) is 6.44. The highest BCUT2D eigenvalue weighted by atomic mass is 16.7. The molecule has 0 radical (unpaired) electrons. The van der Waals surface area contributed by atoms with Crippen molar-refractivity contribution in [3.05, 3.63) is 35.9 Å². The molecule has 1 saturated carbocycles. The van der Waals surface area contributed by atoms with Gasteiger partial charge in [0.2, 0.25) is 0 Å². The number of phenols is 1. The monoisotopic (exact) mass is 288 g/mol. The number of rotatable bonds is 2. The molecule has 112 valence electrons. The molecule has 2 fully saturated rings. The molecule has 21 heavy (non-hydrogen) atoms. The first-order chi connectivity index (χ1) is 10.2. The molecule has 1 aliphatic heterocycles. The van der Waals surface area contributed by atoms with Crippen LogP contribution < -0.4 is 4.74 Å². The SMILES string of the molecule is COc1cc(C2OCC3(CO2)CC2C=CC3C2)ccc1O. The molecular weight excluding hydrogens is 268 g/mol. The van der Waals surface area contributed by atoms with Crippen LogP contribution in [0.4, 0.5) is 0 Å². The van der Waals surface area contributed by atoms with Gasteiger partial charge in [-0.3, -0.25) is 0 Å². The summed E-state index contributed by atoms with van der Waals surface area (Å²) in [4.78, 5) is 0. The van der Waals surface area contributed by atoms with Crippen LogP contribution in [-0.4, -0.2) is 25.4 Å². The summed E-state index contributed by atoms with van der Waals surface area (Å²) in [7, 11) is 1.54. The Labute approximate surface area is 124 Å². The van der Waals surface area contributed by atoms with E-state index in [9.17, 15) is 5.11 Å². The third kappa shape index (κ3) is 2.05. The Hall–Kier alpha value is -1.52. The molecule has 4 rings (SSSR count). The standard InChI is InChI=1S/C17H20O4/c1-19-15-7-12(3-5-14(15)18)16-20-9-17(10-21-16)8-11-2-4-13(17)6-11/h2-5,7,11,13,16,18H,6,8-10H2,1H3. The first-order valence-electron chi connectivity index (χ1n) is 7.49. The molecule has 2 unspecified atom stereocenters. The predicted octanol–water partition coefficient (Wildman–Crippen LogP) is 3.03. The molecule has 3 aliphatic rings. The number of ether oxygens (including phenoxy) is 3. The van der Waals surface area contributed by atoms with Crippen LogP contribution in [0.2, 0.25) is 0 Å². The summed E-state index contributed by atoms with van der Waals surface area (Å²) in [5.74, 6) is 1.90. The zero-order chi connectivity index (χ0) is 14.4. The van der Waals surface area contributed by atoms with Crippen LogP contribution in [0.15, 0.2) is 30.4 Å². The minimum absolute atomic E-state index is 0.131. The summed E-state index contributed by atoms with van der Waals surface area (Å²) in [6.07, 6.45) is 6.75. The zero-order valence-corrected chi connectivity index (χ0v) is 12.1. The van der Waals surface area contributed by atoms with E-state index >= 15 is 0 Å². The van der Waals surface area contributed by atoms with Crippen LogP contribution in [0.25, 0.3) is 0 Å². The van der Waals surface area contributed by atoms with Crippen LogP contribution >= 0.6 is 0 Å². The first kappa shape index (κ1) is 13.2. The Bertz CT molecular complexity index is 572. The average Bonchev–Trinajstić information content (AvgIpc) is 3.10. The van der Waals surface area contributed by atoms with Gasteiger partial charge in [0.1, 0.15) is 0 Å². The highest BCUT2D eigenvalue weighted by Gasteiger charge is 2.51. The summed E-state index contributed by atoms with van der Waals surface area (Å²) >= 11 is 0. The molecule has 2 aliphatic carbocycles. The maximum atomic E-state index is 9.66. The first-order valence-corrected chi connectivity index (χ1v) is 7.49. The maximum Gasteiger partial charge on any atom is 0.183 e. The van der Waals surface area contributed by atoms with E-state index in [1.807, 2.05) is 6.07 Å². The lowest BCUT2D eigenvalue weighted by atomic mass is 9.76. The van der Waals surface area contributed by atoms with E-state index < -0.39 is 0 Å². The van der Waals surface area contributed by atoms with Crippen LogP contribution in [0.1, 0.15) is 24.7 Å². The van der Waals surface area contributed by atoms with E-state index in [0.29, 0.717) is 17.6 Å². The fraction of sp³-hybridized carbons (Fsp3) is 0.529. The summed E-state index contributed by atoms with van der Waals surface area (Å²) in [5.41, 5.74) is 1.06. The predicted molar refractivity (Wildman–Crippen MR) is 77.1 cm³/mol. The smallest absolute Gasteiger partial charge is 0.183 e. The van der Waals surface area contributed by atoms with Gasteiger partial charge in [-0.15, -0.1) is 0 Å². The van der Waals surface area contributed by atoms with Crippen LogP contribution in [0.3, 0.4) is 0 Å². The number of phenolic OH excluding ortho intramolecular Hbond substituents is 1. The lowest BCUT2D eigenvalue weighted by molar-refractivity contribution is -0.239. The zero-order valence-electron chi connectivity index (χ0n) is 12.1. The van der Waals surface area contributed by atoms with Crippen molar-refractivity contribution in [2.75, 3.05) is 20.3 Å². The molecule has 2 bridgehead atoms. The summed E-state index contributed by atoms with van der Waals surface area (Å²) in [6, 6.07) is 5.21. The van der Waals surface area contributed by atoms with Crippen LogP contribution in [0, 0.1) is 17.3 Å². The maximum absolute atomic E-state index is 9.66. The van der Waals surface area contributed by atoms with Crippen molar-refractivity contribution < 1.29 is 19.3 Å². The summed E-state index contributed by atoms with van der Waals surface area (Å²) < 4.78 is 17.1. The van der Waals surface area contributed by atoms with E-state index in [1.165, 1.54) is 20.0 Å². The Balaban J connectivity index is 1.49. The fourth-order valence-corrected chi connectivity index (χ4v) is 3.99. The lowest BCUT2D eigenvalue weighted by Crippen LogP contribution is -2.41. The highest BCUT2D eigenvalue weighted by Crippen LogP contribution is 2.54. The van der Waals surface area contributed by atoms with Gasteiger partial charge in [0, 0.05) is 11.0 Å². The highest BCUT2D eigenvalue weighted by molar-refractivity contribution is 5.42. The van der Waals surface area contributed by atoms with Crippen molar-refractivity contribution in [2.24, 2.45) is 17.3 Å². The van der Waals surface area contributed by atoms with Crippen molar-refractivity contribution in [3.8, 4) is 11.5 Å². The third-order valence-electron chi connectivity index (χ3n) is 5.15. The van der Waals surface area contributed by atoms with Gasteiger partial charge in [0.15, 0.2) is 17.8 Å². The largest absolute Gasteiger partial charge is 0.504 e. The van der Waals surface area contributed by atoms with Gasteiger partial charge in [0.25, 0.3) is 0 Å². The summed E-state index contributed by atoms with van der Waals surface area (Å²) in [6.45, 7) is 1.48. The average molecular weight is 288 g/mol. The number of fused-ring (bicyclic) bond motifs is 3. The van der Waals surface area contributed by atoms with Crippen LogP contribution in [-0.2, 0) is 9.47 Å². The third-order valence-corrected chi connectivity index (χ3v) is 5.15. The van der Waals surface area contributed by atoms with Gasteiger partial charge in [0.05, 0.1) is 20.3 Å². The Morgan fingerprint density at radius 1 is 1.24 bits per heavy atom. The van der Waals surface area contributed by atoms with Crippen molar-refractivity contribution in [1.82, 2.24) is 0 Å². The molecule has 4 heteroatoms. The number of benzene rings is 1. The molecule has 0 aromatic heterocycles.